The number of benzene rings is 1. The molecule has 1 aromatic carbocycles. The van der Waals surface area contributed by atoms with Gasteiger partial charge in [-0.3, -0.25) is 4.68 Å². The summed E-state index contributed by atoms with van der Waals surface area (Å²) in [6.07, 6.45) is 1.64. The number of aryl methyl sites for hydroxylation is 1. The molecule has 1 fully saturated rings. The second-order valence-corrected chi connectivity index (χ2v) is 5.96. The van der Waals surface area contributed by atoms with Crippen LogP contribution in [0.15, 0.2) is 24.4 Å². The van der Waals surface area contributed by atoms with E-state index >= 15 is 0 Å². The van der Waals surface area contributed by atoms with E-state index in [4.69, 9.17) is 5.73 Å². The van der Waals surface area contributed by atoms with E-state index in [1.807, 2.05) is 9.80 Å². The van der Waals surface area contributed by atoms with Gasteiger partial charge >= 0.3 is 0 Å². The Bertz CT molecular complexity index is 932. The number of nitrogens with zero attached hydrogens (tertiary/aromatic N) is 6. The summed E-state index contributed by atoms with van der Waals surface area (Å²) >= 11 is 0. The van der Waals surface area contributed by atoms with Crippen LogP contribution in [0.25, 0.3) is 11.0 Å². The summed E-state index contributed by atoms with van der Waals surface area (Å²) in [5.41, 5.74) is 6.95. The van der Waals surface area contributed by atoms with Gasteiger partial charge in [-0.05, 0) is 12.1 Å². The van der Waals surface area contributed by atoms with Crippen molar-refractivity contribution in [2.45, 2.75) is 0 Å². The van der Waals surface area contributed by atoms with E-state index < -0.39 is 11.6 Å². The molecule has 0 aliphatic carbocycles. The smallest absolute Gasteiger partial charge is 0.229 e. The van der Waals surface area contributed by atoms with E-state index in [9.17, 15) is 8.78 Å². The van der Waals surface area contributed by atoms with Crippen LogP contribution in [-0.4, -0.2) is 45.9 Å². The SMILES string of the molecule is Cn1ncc2c(N)nc(N3CCN(c4cccc(F)c4F)CC3)nc21. The number of nitrogen functional groups attached to an aromatic ring is 1. The first-order valence-corrected chi connectivity index (χ1v) is 7.93. The highest BCUT2D eigenvalue weighted by atomic mass is 19.2. The van der Waals surface area contributed by atoms with E-state index in [1.54, 1.807) is 24.0 Å². The summed E-state index contributed by atoms with van der Waals surface area (Å²) in [7, 11) is 1.79. The molecule has 0 radical (unpaired) electrons. The molecule has 7 nitrogen and oxygen atoms in total. The molecule has 0 amide bonds. The molecule has 3 heterocycles. The zero-order valence-corrected chi connectivity index (χ0v) is 13.7. The van der Waals surface area contributed by atoms with Crippen LogP contribution in [0, 0.1) is 11.6 Å². The molecular weight excluding hydrogens is 328 g/mol. The Morgan fingerprint density at radius 3 is 2.52 bits per heavy atom. The molecule has 25 heavy (non-hydrogen) atoms. The molecule has 1 aliphatic rings. The highest BCUT2D eigenvalue weighted by Gasteiger charge is 2.23. The van der Waals surface area contributed by atoms with E-state index in [0.29, 0.717) is 49.0 Å². The fourth-order valence-electron chi connectivity index (χ4n) is 3.06. The molecule has 1 saturated heterocycles. The Hall–Kier alpha value is -2.97. The highest BCUT2D eigenvalue weighted by Crippen LogP contribution is 2.25. The van der Waals surface area contributed by atoms with Crippen LogP contribution in [0.1, 0.15) is 0 Å². The number of halogens is 2. The molecule has 1 aliphatic heterocycles. The lowest BCUT2D eigenvalue weighted by Gasteiger charge is -2.36. The lowest BCUT2D eigenvalue weighted by molar-refractivity contribution is 0.503. The van der Waals surface area contributed by atoms with Crippen molar-refractivity contribution in [3.8, 4) is 0 Å². The summed E-state index contributed by atoms with van der Waals surface area (Å²) in [6.45, 7) is 2.23. The number of aromatic nitrogens is 4. The topological polar surface area (TPSA) is 76.1 Å². The minimum Gasteiger partial charge on any atom is -0.383 e. The molecule has 2 aromatic heterocycles. The Morgan fingerprint density at radius 1 is 1.04 bits per heavy atom. The quantitative estimate of drug-likeness (QED) is 0.759. The summed E-state index contributed by atoms with van der Waals surface area (Å²) in [5, 5.41) is 4.86. The van der Waals surface area contributed by atoms with Crippen molar-refractivity contribution in [3.05, 3.63) is 36.0 Å². The number of rotatable bonds is 2. The third-order valence-electron chi connectivity index (χ3n) is 4.44. The van der Waals surface area contributed by atoms with Crippen LogP contribution in [0.3, 0.4) is 0 Å². The second kappa shape index (κ2) is 5.83. The minimum absolute atomic E-state index is 0.280. The molecule has 0 bridgehead atoms. The highest BCUT2D eigenvalue weighted by molar-refractivity contribution is 5.86. The third-order valence-corrected chi connectivity index (χ3v) is 4.44. The predicted octanol–water partition coefficient (Wildman–Crippen LogP) is 1.55. The van der Waals surface area contributed by atoms with Crippen molar-refractivity contribution in [2.24, 2.45) is 7.05 Å². The van der Waals surface area contributed by atoms with Crippen LogP contribution in [0.5, 0.6) is 0 Å². The van der Waals surface area contributed by atoms with Gasteiger partial charge in [0.1, 0.15) is 5.82 Å². The van der Waals surface area contributed by atoms with Gasteiger partial charge in [-0.15, -0.1) is 0 Å². The van der Waals surface area contributed by atoms with Gasteiger partial charge in [0.2, 0.25) is 5.95 Å². The van der Waals surface area contributed by atoms with Gasteiger partial charge in [-0.2, -0.15) is 15.1 Å². The average molecular weight is 345 g/mol. The van der Waals surface area contributed by atoms with Gasteiger partial charge in [0.05, 0.1) is 17.3 Å². The maximum atomic E-state index is 14.0. The van der Waals surface area contributed by atoms with Crippen molar-refractivity contribution in [2.75, 3.05) is 41.7 Å². The molecule has 3 aromatic rings. The van der Waals surface area contributed by atoms with Crippen molar-refractivity contribution in [3.63, 3.8) is 0 Å². The van der Waals surface area contributed by atoms with E-state index in [2.05, 4.69) is 15.1 Å². The van der Waals surface area contributed by atoms with Crippen molar-refractivity contribution >= 4 is 28.5 Å². The molecule has 0 atom stereocenters. The molecule has 2 N–H and O–H groups in total. The average Bonchev–Trinajstić information content (AvgIpc) is 2.99. The number of anilines is 3. The summed E-state index contributed by atoms with van der Waals surface area (Å²) in [6, 6.07) is 4.22. The number of hydrogen-bond acceptors (Lipinski definition) is 6. The van der Waals surface area contributed by atoms with Crippen molar-refractivity contribution < 1.29 is 8.78 Å². The number of hydrogen-bond donors (Lipinski definition) is 1. The maximum absolute atomic E-state index is 14.0. The summed E-state index contributed by atoms with van der Waals surface area (Å²) in [4.78, 5) is 12.7. The van der Waals surface area contributed by atoms with Gasteiger partial charge in [0, 0.05) is 33.2 Å². The molecule has 0 saturated carbocycles. The van der Waals surface area contributed by atoms with Crippen LogP contribution < -0.4 is 15.5 Å². The van der Waals surface area contributed by atoms with E-state index in [-0.39, 0.29) is 5.69 Å². The maximum Gasteiger partial charge on any atom is 0.229 e. The van der Waals surface area contributed by atoms with Gasteiger partial charge in [-0.25, -0.2) is 8.78 Å². The third kappa shape index (κ3) is 2.61. The van der Waals surface area contributed by atoms with Crippen LogP contribution in [0.4, 0.5) is 26.2 Å². The summed E-state index contributed by atoms with van der Waals surface area (Å²) in [5.74, 6) is -0.745. The Labute approximate surface area is 142 Å². The van der Waals surface area contributed by atoms with E-state index in [1.165, 1.54) is 6.07 Å². The molecule has 9 heteroatoms. The minimum atomic E-state index is -0.835. The molecular formula is C16H17F2N7. The van der Waals surface area contributed by atoms with E-state index in [0.717, 1.165) is 6.07 Å². The van der Waals surface area contributed by atoms with Crippen LogP contribution in [0.2, 0.25) is 0 Å². The normalized spacial score (nSPS) is 15.2. The fraction of sp³-hybridized carbons (Fsp3) is 0.312. The fourth-order valence-corrected chi connectivity index (χ4v) is 3.06. The monoisotopic (exact) mass is 345 g/mol. The van der Waals surface area contributed by atoms with Crippen LogP contribution >= 0.6 is 0 Å². The lowest BCUT2D eigenvalue weighted by Crippen LogP contribution is -2.47. The van der Waals surface area contributed by atoms with Crippen LogP contribution in [-0.2, 0) is 7.05 Å². The number of fused-ring (bicyclic) bond motifs is 1. The largest absolute Gasteiger partial charge is 0.383 e. The first kappa shape index (κ1) is 15.6. The molecule has 4 rings (SSSR count). The van der Waals surface area contributed by atoms with Gasteiger partial charge in [-0.1, -0.05) is 6.07 Å². The standard InChI is InChI=1S/C16H17F2N7/c1-23-15-10(9-20-23)14(19)21-16(22-15)25-7-5-24(6-8-25)12-4-2-3-11(17)13(12)18/h2-4,9H,5-8H2,1H3,(H2,19,21,22). The van der Waals surface area contributed by atoms with Gasteiger partial charge < -0.3 is 15.5 Å². The number of piperazine rings is 1. The van der Waals surface area contributed by atoms with Crippen molar-refractivity contribution in [1.29, 1.82) is 0 Å². The van der Waals surface area contributed by atoms with Gasteiger partial charge in [0.25, 0.3) is 0 Å². The molecule has 0 unspecified atom stereocenters. The Morgan fingerprint density at radius 2 is 1.76 bits per heavy atom. The molecule has 0 spiro atoms. The first-order valence-electron chi connectivity index (χ1n) is 7.93. The molecule has 130 valence electrons. The lowest BCUT2D eigenvalue weighted by atomic mass is 10.2. The van der Waals surface area contributed by atoms with Crippen molar-refractivity contribution in [1.82, 2.24) is 19.7 Å². The first-order chi connectivity index (χ1) is 12.0. The predicted molar refractivity (Wildman–Crippen MR) is 91.5 cm³/mol. The Balaban J connectivity index is 1.56. The Kier molecular flexibility index (Phi) is 3.63. The zero-order valence-electron chi connectivity index (χ0n) is 13.7. The van der Waals surface area contributed by atoms with Gasteiger partial charge in [0.15, 0.2) is 17.3 Å². The number of nitrogens with two attached hydrogens (primary N) is 1. The zero-order chi connectivity index (χ0) is 17.6. The summed E-state index contributed by atoms with van der Waals surface area (Å²) < 4.78 is 29.0. The second-order valence-electron chi connectivity index (χ2n) is 5.96.